The molecule has 0 N–H and O–H groups in total. The Bertz CT molecular complexity index is 1580. The number of likely N-dealkylation sites (tertiary alicyclic amines) is 1. The molecule has 7 rings (SSSR count). The molecule has 3 fully saturated rings. The SMILES string of the molecule is C[C@@H](OCCN1CCC2(CCC2)C1)c1ccc(-c2ccc3nnc4c(c3c2)n(C2CCOCC2)c(=O)n4C)cn1. The number of hydrogen-bond donors (Lipinski definition) is 0. The lowest BCUT2D eigenvalue weighted by Gasteiger charge is -2.38. The molecule has 5 heterocycles. The van der Waals surface area contributed by atoms with Crippen LogP contribution in [-0.2, 0) is 16.5 Å². The lowest BCUT2D eigenvalue weighted by molar-refractivity contribution is 0.0443. The van der Waals surface area contributed by atoms with Crippen molar-refractivity contribution in [3.8, 4) is 11.1 Å². The number of benzene rings is 1. The summed E-state index contributed by atoms with van der Waals surface area (Å²) in [5.41, 5.74) is 5.79. The van der Waals surface area contributed by atoms with Crippen LogP contribution in [0, 0.1) is 5.41 Å². The van der Waals surface area contributed by atoms with E-state index in [-0.39, 0.29) is 17.8 Å². The van der Waals surface area contributed by atoms with Crippen LogP contribution in [0.3, 0.4) is 0 Å². The van der Waals surface area contributed by atoms with E-state index in [4.69, 9.17) is 14.5 Å². The van der Waals surface area contributed by atoms with Gasteiger partial charge >= 0.3 is 5.69 Å². The summed E-state index contributed by atoms with van der Waals surface area (Å²) < 4.78 is 15.3. The normalized spacial score (nSPS) is 20.4. The molecule has 0 bridgehead atoms. The van der Waals surface area contributed by atoms with Gasteiger partial charge in [0.25, 0.3) is 0 Å². The summed E-state index contributed by atoms with van der Waals surface area (Å²) in [7, 11) is 1.77. The molecule has 1 atom stereocenters. The van der Waals surface area contributed by atoms with Gasteiger partial charge in [0.2, 0.25) is 0 Å². The van der Waals surface area contributed by atoms with Crippen LogP contribution in [0.25, 0.3) is 33.2 Å². The van der Waals surface area contributed by atoms with Gasteiger partial charge in [-0.2, -0.15) is 0 Å². The first-order valence-electron chi connectivity index (χ1n) is 14.8. The van der Waals surface area contributed by atoms with Crippen LogP contribution < -0.4 is 5.69 Å². The number of fused-ring (bicyclic) bond motifs is 3. The fraction of sp³-hybridized carbons (Fsp3) is 0.548. The summed E-state index contributed by atoms with van der Waals surface area (Å²) in [6.45, 7) is 7.59. The van der Waals surface area contributed by atoms with Gasteiger partial charge in [0.05, 0.1) is 23.9 Å². The van der Waals surface area contributed by atoms with Gasteiger partial charge in [-0.3, -0.25) is 14.1 Å². The number of rotatable bonds is 7. The third-order valence-electron chi connectivity index (χ3n) is 9.57. The van der Waals surface area contributed by atoms with Crippen molar-refractivity contribution in [2.75, 3.05) is 39.5 Å². The number of aryl methyl sites for hydroxylation is 1. The summed E-state index contributed by atoms with van der Waals surface area (Å²) in [5.74, 6) is 0. The fourth-order valence-electron chi connectivity index (χ4n) is 6.92. The molecular weight excluding hydrogens is 504 g/mol. The number of nitrogens with zero attached hydrogens (tertiary/aromatic N) is 6. The van der Waals surface area contributed by atoms with Crippen LogP contribution in [0.1, 0.15) is 63.3 Å². The second kappa shape index (κ2) is 10.4. The third-order valence-corrected chi connectivity index (χ3v) is 9.57. The molecule has 3 aliphatic rings. The third kappa shape index (κ3) is 4.54. The first-order chi connectivity index (χ1) is 19.5. The minimum absolute atomic E-state index is 0.0543. The van der Waals surface area contributed by atoms with Gasteiger partial charge in [-0.25, -0.2) is 4.79 Å². The van der Waals surface area contributed by atoms with Gasteiger partial charge in [0, 0.05) is 56.5 Å². The van der Waals surface area contributed by atoms with Gasteiger partial charge in [-0.05, 0) is 74.8 Å². The Labute approximate surface area is 234 Å². The van der Waals surface area contributed by atoms with Crippen molar-refractivity contribution in [3.05, 3.63) is 52.7 Å². The molecule has 1 aromatic carbocycles. The number of ether oxygens (including phenoxy) is 2. The van der Waals surface area contributed by atoms with E-state index in [1.165, 1.54) is 38.8 Å². The molecular formula is C31H38N6O3. The summed E-state index contributed by atoms with van der Waals surface area (Å²) in [6.07, 6.45) is 9.07. The Balaban J connectivity index is 1.10. The van der Waals surface area contributed by atoms with Gasteiger partial charge < -0.3 is 14.4 Å². The predicted octanol–water partition coefficient (Wildman–Crippen LogP) is 4.65. The van der Waals surface area contributed by atoms with Gasteiger partial charge in [0.15, 0.2) is 5.65 Å². The first kappa shape index (κ1) is 25.8. The van der Waals surface area contributed by atoms with Gasteiger partial charge in [0.1, 0.15) is 5.52 Å². The second-order valence-electron chi connectivity index (χ2n) is 12.0. The highest BCUT2D eigenvalue weighted by Gasteiger charge is 2.42. The Morgan fingerprint density at radius 1 is 1.10 bits per heavy atom. The summed E-state index contributed by atoms with van der Waals surface area (Å²) in [4.78, 5) is 20.6. The predicted molar refractivity (Wildman–Crippen MR) is 154 cm³/mol. The van der Waals surface area contributed by atoms with Crippen LogP contribution in [0.5, 0.6) is 0 Å². The zero-order chi connectivity index (χ0) is 27.3. The summed E-state index contributed by atoms with van der Waals surface area (Å²) in [5, 5.41) is 9.77. The fourth-order valence-corrected chi connectivity index (χ4v) is 6.92. The molecule has 210 valence electrons. The summed E-state index contributed by atoms with van der Waals surface area (Å²) >= 11 is 0. The maximum Gasteiger partial charge on any atom is 0.330 e. The molecule has 0 amide bonds. The van der Waals surface area contributed by atoms with Crippen LogP contribution in [0.4, 0.5) is 0 Å². The quantitative estimate of drug-likeness (QED) is 0.336. The van der Waals surface area contributed by atoms with E-state index in [2.05, 4.69) is 40.2 Å². The minimum atomic E-state index is -0.0564. The minimum Gasteiger partial charge on any atom is -0.381 e. The van der Waals surface area contributed by atoms with Crippen LogP contribution in [-0.4, -0.2) is 68.7 Å². The summed E-state index contributed by atoms with van der Waals surface area (Å²) in [6, 6.07) is 10.4. The van der Waals surface area contributed by atoms with Crippen molar-refractivity contribution in [1.82, 2.24) is 29.2 Å². The average molecular weight is 543 g/mol. The lowest BCUT2D eigenvalue weighted by Crippen LogP contribution is -2.34. The number of aromatic nitrogens is 5. The molecule has 0 radical (unpaired) electrons. The van der Waals surface area contributed by atoms with Gasteiger partial charge in [-0.1, -0.05) is 18.6 Å². The van der Waals surface area contributed by atoms with E-state index < -0.39 is 0 Å². The molecule has 0 unspecified atom stereocenters. The molecule has 9 nitrogen and oxygen atoms in total. The van der Waals surface area contributed by atoms with E-state index in [1.807, 2.05) is 22.9 Å². The van der Waals surface area contributed by atoms with Crippen molar-refractivity contribution < 1.29 is 9.47 Å². The molecule has 40 heavy (non-hydrogen) atoms. The highest BCUT2D eigenvalue weighted by Crippen LogP contribution is 2.47. The Morgan fingerprint density at radius 3 is 2.65 bits per heavy atom. The molecule has 2 saturated heterocycles. The van der Waals surface area contributed by atoms with E-state index >= 15 is 0 Å². The molecule has 4 aromatic rings. The standard InChI is InChI=1S/C31H38N6O3/c1-21(40-17-14-36-13-12-31(20-36)10-3-11-31)26-6-5-23(19-32-26)22-4-7-27-25(18-22)28-29(34-33-27)35(2)30(38)37(28)24-8-15-39-16-9-24/h4-7,18-19,21,24H,3,8-17,20H2,1-2H3/t21-/m1/s1. The van der Waals surface area contributed by atoms with Crippen LogP contribution in [0.15, 0.2) is 41.3 Å². The van der Waals surface area contributed by atoms with Crippen LogP contribution in [0.2, 0.25) is 0 Å². The Kier molecular flexibility index (Phi) is 6.68. The maximum atomic E-state index is 13.3. The van der Waals surface area contributed by atoms with Crippen molar-refractivity contribution >= 4 is 22.1 Å². The first-order valence-corrected chi connectivity index (χ1v) is 14.8. The van der Waals surface area contributed by atoms with Gasteiger partial charge in [-0.15, -0.1) is 10.2 Å². The lowest BCUT2D eigenvalue weighted by atomic mass is 9.68. The molecule has 1 saturated carbocycles. The topological polar surface area (TPSA) is 87.3 Å². The number of imidazole rings is 1. The Hall–Kier alpha value is -3.14. The van der Waals surface area contributed by atoms with E-state index in [1.54, 1.807) is 11.6 Å². The highest BCUT2D eigenvalue weighted by molar-refractivity contribution is 6.02. The highest BCUT2D eigenvalue weighted by atomic mass is 16.5. The zero-order valence-electron chi connectivity index (χ0n) is 23.5. The second-order valence-corrected chi connectivity index (χ2v) is 12.0. The van der Waals surface area contributed by atoms with E-state index in [0.717, 1.165) is 59.2 Å². The van der Waals surface area contributed by atoms with Crippen molar-refractivity contribution in [3.63, 3.8) is 0 Å². The zero-order valence-corrected chi connectivity index (χ0v) is 23.5. The van der Waals surface area contributed by atoms with Crippen molar-refractivity contribution in [2.24, 2.45) is 12.5 Å². The molecule has 2 aliphatic heterocycles. The maximum absolute atomic E-state index is 13.3. The number of hydrogen-bond acceptors (Lipinski definition) is 7. The van der Waals surface area contributed by atoms with Crippen molar-refractivity contribution in [1.29, 1.82) is 0 Å². The monoisotopic (exact) mass is 542 g/mol. The Morgan fingerprint density at radius 2 is 1.93 bits per heavy atom. The van der Waals surface area contributed by atoms with E-state index in [9.17, 15) is 4.79 Å². The van der Waals surface area contributed by atoms with Crippen molar-refractivity contribution in [2.45, 2.75) is 57.6 Å². The molecule has 3 aromatic heterocycles. The molecule has 1 spiro atoms. The largest absolute Gasteiger partial charge is 0.381 e. The average Bonchev–Trinajstić information content (AvgIpc) is 3.53. The van der Waals surface area contributed by atoms with Crippen LogP contribution >= 0.6 is 0 Å². The molecule has 9 heteroatoms. The smallest absolute Gasteiger partial charge is 0.330 e. The van der Waals surface area contributed by atoms with E-state index in [0.29, 0.717) is 24.3 Å². The number of pyridine rings is 1. The molecule has 1 aliphatic carbocycles.